The Morgan fingerprint density at radius 1 is 1.31 bits per heavy atom. The topological polar surface area (TPSA) is 56.7 Å². The van der Waals surface area contributed by atoms with Crippen molar-refractivity contribution in [2.24, 2.45) is 0 Å². The first kappa shape index (κ1) is 9.84. The molecule has 82 valence electrons. The van der Waals surface area contributed by atoms with Crippen LogP contribution in [0.1, 0.15) is 18.9 Å². The second kappa shape index (κ2) is 3.59. The summed E-state index contributed by atoms with van der Waals surface area (Å²) in [4.78, 5) is 0. The van der Waals surface area contributed by atoms with Crippen LogP contribution in [0.25, 0.3) is 11.4 Å². The Morgan fingerprint density at radius 2 is 2.12 bits per heavy atom. The molecule has 1 aromatic carbocycles. The third kappa shape index (κ3) is 1.71. The zero-order valence-electron chi connectivity index (χ0n) is 8.60. The summed E-state index contributed by atoms with van der Waals surface area (Å²) in [5.41, 5.74) is 7.56. The molecule has 1 aliphatic carbocycles. The Bertz CT molecular complexity index is 510. The van der Waals surface area contributed by atoms with Crippen LogP contribution in [0.2, 0.25) is 0 Å². The zero-order valence-corrected chi connectivity index (χ0v) is 10.2. The lowest BCUT2D eigenvalue weighted by atomic mass is 10.2. The lowest BCUT2D eigenvalue weighted by Crippen LogP contribution is -1.96. The van der Waals surface area contributed by atoms with E-state index in [2.05, 4.69) is 30.7 Å². The molecule has 0 spiro atoms. The molecular weight excluding hydrogens is 268 g/mol. The number of benzene rings is 1. The van der Waals surface area contributed by atoms with E-state index >= 15 is 0 Å². The molecule has 3 rings (SSSR count). The largest absolute Gasteiger partial charge is 0.399 e. The van der Waals surface area contributed by atoms with E-state index in [1.165, 1.54) is 12.8 Å². The van der Waals surface area contributed by atoms with Gasteiger partial charge in [-0.05, 0) is 31.0 Å². The third-order valence-corrected chi connectivity index (χ3v) is 3.15. The van der Waals surface area contributed by atoms with Crippen LogP contribution in [0.3, 0.4) is 0 Å². The summed E-state index contributed by atoms with van der Waals surface area (Å²) < 4.78 is 3.09. The van der Waals surface area contributed by atoms with Crippen LogP contribution in [0.5, 0.6) is 0 Å². The number of halogens is 1. The molecule has 0 bridgehead atoms. The summed E-state index contributed by atoms with van der Waals surface area (Å²) in [6.45, 7) is 0. The number of aromatic nitrogens is 3. The van der Waals surface area contributed by atoms with Gasteiger partial charge in [0.2, 0.25) is 0 Å². The van der Waals surface area contributed by atoms with Crippen molar-refractivity contribution < 1.29 is 0 Å². The number of nitrogen functional groups attached to an aromatic ring is 1. The Morgan fingerprint density at radius 3 is 2.81 bits per heavy atom. The molecule has 0 saturated heterocycles. The maximum absolute atomic E-state index is 5.82. The van der Waals surface area contributed by atoms with Crippen LogP contribution in [-0.2, 0) is 0 Å². The van der Waals surface area contributed by atoms with Crippen LogP contribution in [0.4, 0.5) is 5.69 Å². The highest BCUT2D eigenvalue weighted by Crippen LogP contribution is 2.38. The Hall–Kier alpha value is -1.36. The van der Waals surface area contributed by atoms with Crippen LogP contribution >= 0.6 is 15.9 Å². The lowest BCUT2D eigenvalue weighted by molar-refractivity contribution is 0.746. The zero-order chi connectivity index (χ0) is 11.1. The minimum absolute atomic E-state index is 0.574. The standard InChI is InChI=1S/C11H11BrN4/c12-8-3-7(4-9(13)5-8)11-15-14-6-16(11)10-1-2-10/h3-6,10H,1-2,13H2. The van der Waals surface area contributed by atoms with Gasteiger partial charge < -0.3 is 10.3 Å². The van der Waals surface area contributed by atoms with Crippen LogP contribution in [0, 0.1) is 0 Å². The number of hydrogen-bond acceptors (Lipinski definition) is 3. The highest BCUT2D eigenvalue weighted by Gasteiger charge is 2.26. The summed E-state index contributed by atoms with van der Waals surface area (Å²) in [7, 11) is 0. The van der Waals surface area contributed by atoms with Gasteiger partial charge in [0.05, 0.1) is 0 Å². The first-order chi connectivity index (χ1) is 7.74. The van der Waals surface area contributed by atoms with Crippen molar-refractivity contribution in [2.45, 2.75) is 18.9 Å². The normalized spacial score (nSPS) is 15.3. The minimum atomic E-state index is 0.574. The predicted octanol–water partition coefficient (Wildman–Crippen LogP) is 2.62. The highest BCUT2D eigenvalue weighted by molar-refractivity contribution is 9.10. The van der Waals surface area contributed by atoms with Crippen molar-refractivity contribution in [3.63, 3.8) is 0 Å². The van der Waals surface area contributed by atoms with Crippen molar-refractivity contribution in [3.8, 4) is 11.4 Å². The van der Waals surface area contributed by atoms with E-state index in [0.29, 0.717) is 6.04 Å². The molecule has 2 aromatic rings. The number of nitrogens with zero attached hydrogens (tertiary/aromatic N) is 3. The van der Waals surface area contributed by atoms with Gasteiger partial charge in [-0.3, -0.25) is 0 Å². The van der Waals surface area contributed by atoms with Gasteiger partial charge in [-0.2, -0.15) is 0 Å². The van der Waals surface area contributed by atoms with Crippen molar-refractivity contribution >= 4 is 21.6 Å². The number of nitrogens with two attached hydrogens (primary N) is 1. The summed E-state index contributed by atoms with van der Waals surface area (Å²) in [6.07, 6.45) is 4.23. The number of anilines is 1. The van der Waals surface area contributed by atoms with Crippen LogP contribution in [0.15, 0.2) is 29.0 Å². The summed E-state index contributed by atoms with van der Waals surface area (Å²) in [5, 5.41) is 8.14. The third-order valence-electron chi connectivity index (χ3n) is 2.69. The number of hydrogen-bond donors (Lipinski definition) is 1. The summed E-state index contributed by atoms with van der Waals surface area (Å²) in [5.74, 6) is 0.899. The van der Waals surface area contributed by atoms with Crippen molar-refractivity contribution in [3.05, 3.63) is 29.0 Å². The molecule has 1 heterocycles. The molecule has 1 saturated carbocycles. The minimum Gasteiger partial charge on any atom is -0.399 e. The predicted molar refractivity (Wildman–Crippen MR) is 65.8 cm³/mol. The maximum Gasteiger partial charge on any atom is 0.164 e. The Kier molecular flexibility index (Phi) is 2.21. The van der Waals surface area contributed by atoms with E-state index < -0.39 is 0 Å². The van der Waals surface area contributed by atoms with Crippen molar-refractivity contribution in [1.29, 1.82) is 0 Å². The molecule has 0 aliphatic heterocycles. The van der Waals surface area contributed by atoms with Crippen LogP contribution in [-0.4, -0.2) is 14.8 Å². The quantitative estimate of drug-likeness (QED) is 0.860. The smallest absolute Gasteiger partial charge is 0.164 e. The van der Waals surface area contributed by atoms with Gasteiger partial charge in [-0.25, -0.2) is 0 Å². The molecule has 4 nitrogen and oxygen atoms in total. The van der Waals surface area contributed by atoms with E-state index in [9.17, 15) is 0 Å². The van der Waals surface area contributed by atoms with E-state index in [4.69, 9.17) is 5.73 Å². The van der Waals surface area contributed by atoms with E-state index in [0.717, 1.165) is 21.5 Å². The molecule has 0 radical (unpaired) electrons. The molecule has 1 aliphatic rings. The second-order valence-electron chi connectivity index (χ2n) is 4.07. The van der Waals surface area contributed by atoms with Gasteiger partial charge >= 0.3 is 0 Å². The average Bonchev–Trinajstić information content (AvgIpc) is 2.94. The van der Waals surface area contributed by atoms with Crippen LogP contribution < -0.4 is 5.73 Å². The molecule has 1 aromatic heterocycles. The summed E-state index contributed by atoms with van der Waals surface area (Å²) >= 11 is 3.44. The van der Waals surface area contributed by atoms with E-state index in [-0.39, 0.29) is 0 Å². The van der Waals surface area contributed by atoms with Crippen molar-refractivity contribution in [1.82, 2.24) is 14.8 Å². The fourth-order valence-electron chi connectivity index (χ4n) is 1.81. The van der Waals surface area contributed by atoms with E-state index in [1.54, 1.807) is 6.33 Å². The molecular formula is C11H11BrN4. The second-order valence-corrected chi connectivity index (χ2v) is 4.98. The lowest BCUT2D eigenvalue weighted by Gasteiger charge is -2.06. The average molecular weight is 279 g/mol. The Balaban J connectivity index is 2.10. The first-order valence-electron chi connectivity index (χ1n) is 5.20. The van der Waals surface area contributed by atoms with Gasteiger partial charge in [-0.1, -0.05) is 15.9 Å². The van der Waals surface area contributed by atoms with Gasteiger partial charge in [0.1, 0.15) is 6.33 Å². The Labute approximate surface area is 102 Å². The molecule has 0 unspecified atom stereocenters. The molecule has 0 amide bonds. The van der Waals surface area contributed by atoms with Gasteiger partial charge in [0, 0.05) is 21.8 Å². The van der Waals surface area contributed by atoms with Crippen molar-refractivity contribution in [2.75, 3.05) is 5.73 Å². The molecule has 16 heavy (non-hydrogen) atoms. The SMILES string of the molecule is Nc1cc(Br)cc(-c2nncn2C2CC2)c1. The molecule has 1 fully saturated rings. The molecule has 5 heteroatoms. The maximum atomic E-state index is 5.82. The molecule has 0 atom stereocenters. The van der Waals surface area contributed by atoms with Gasteiger partial charge in [0.15, 0.2) is 5.82 Å². The molecule has 2 N–H and O–H groups in total. The van der Waals surface area contributed by atoms with Gasteiger partial charge in [0.25, 0.3) is 0 Å². The fourth-order valence-corrected chi connectivity index (χ4v) is 2.32. The fraction of sp³-hybridized carbons (Fsp3) is 0.273. The monoisotopic (exact) mass is 278 g/mol. The number of rotatable bonds is 2. The highest BCUT2D eigenvalue weighted by atomic mass is 79.9. The first-order valence-corrected chi connectivity index (χ1v) is 5.99. The van der Waals surface area contributed by atoms with E-state index in [1.807, 2.05) is 18.2 Å². The summed E-state index contributed by atoms with van der Waals surface area (Å²) in [6, 6.07) is 6.39. The van der Waals surface area contributed by atoms with Gasteiger partial charge in [-0.15, -0.1) is 10.2 Å².